The minimum Gasteiger partial charge on any atom is -0.489 e. The molecule has 142 valence electrons. The first-order valence-corrected chi connectivity index (χ1v) is 9.03. The van der Waals surface area contributed by atoms with Gasteiger partial charge in [0.25, 0.3) is 5.91 Å². The van der Waals surface area contributed by atoms with Crippen molar-refractivity contribution in [1.29, 1.82) is 0 Å². The monoisotopic (exact) mass is 394 g/mol. The van der Waals surface area contributed by atoms with Crippen molar-refractivity contribution in [1.82, 2.24) is 5.43 Å². The van der Waals surface area contributed by atoms with Crippen molar-refractivity contribution < 1.29 is 14.6 Å². The van der Waals surface area contributed by atoms with Crippen molar-refractivity contribution in [3.05, 3.63) is 101 Å². The van der Waals surface area contributed by atoms with Crippen molar-refractivity contribution >= 4 is 23.7 Å². The molecule has 0 fully saturated rings. The zero-order valence-electron chi connectivity index (χ0n) is 15.0. The molecular formula is C22H19ClN2O3. The molecule has 0 bridgehead atoms. The van der Waals surface area contributed by atoms with Crippen molar-refractivity contribution in [2.45, 2.75) is 12.7 Å². The summed E-state index contributed by atoms with van der Waals surface area (Å²) in [4.78, 5) is 11.9. The molecule has 3 rings (SSSR count). The SMILES string of the molecule is O=C(N/N=C\c1ccc(OCc2ccc(Cl)cc2)cc1)[C@H](O)c1ccccc1. The fourth-order valence-corrected chi connectivity index (χ4v) is 2.54. The van der Waals surface area contributed by atoms with Crippen LogP contribution in [0.1, 0.15) is 22.8 Å². The molecule has 3 aromatic rings. The van der Waals surface area contributed by atoms with Gasteiger partial charge in [-0.1, -0.05) is 54.1 Å². The average Bonchev–Trinajstić information content (AvgIpc) is 2.74. The molecule has 0 aliphatic rings. The predicted octanol–water partition coefficient (Wildman–Crippen LogP) is 4.10. The summed E-state index contributed by atoms with van der Waals surface area (Å²) >= 11 is 5.86. The van der Waals surface area contributed by atoms with Gasteiger partial charge in [-0.05, 0) is 53.1 Å². The summed E-state index contributed by atoms with van der Waals surface area (Å²) in [5.74, 6) is 0.126. The van der Waals surface area contributed by atoms with E-state index in [0.29, 0.717) is 17.2 Å². The molecule has 0 unspecified atom stereocenters. The molecule has 0 spiro atoms. The van der Waals surface area contributed by atoms with Crippen LogP contribution in [0.2, 0.25) is 5.02 Å². The molecule has 1 atom stereocenters. The smallest absolute Gasteiger partial charge is 0.273 e. The Morgan fingerprint density at radius 2 is 1.71 bits per heavy atom. The van der Waals surface area contributed by atoms with Gasteiger partial charge >= 0.3 is 0 Å². The largest absolute Gasteiger partial charge is 0.489 e. The number of rotatable bonds is 7. The van der Waals surface area contributed by atoms with Gasteiger partial charge in [-0.2, -0.15) is 5.10 Å². The van der Waals surface area contributed by atoms with Crippen molar-refractivity contribution in [3.8, 4) is 5.75 Å². The number of amides is 1. The number of hydrogen-bond acceptors (Lipinski definition) is 4. The average molecular weight is 395 g/mol. The number of halogens is 1. The Bertz CT molecular complexity index is 926. The lowest BCUT2D eigenvalue weighted by Crippen LogP contribution is -2.25. The standard InChI is InChI=1S/C22H19ClN2O3/c23-19-10-6-17(7-11-19)15-28-20-12-8-16(9-13-20)14-24-25-22(27)21(26)18-4-2-1-3-5-18/h1-14,21,26H,15H2,(H,25,27)/b24-14-/t21-/m1/s1. The fraction of sp³-hybridized carbons (Fsp3) is 0.0909. The van der Waals surface area contributed by atoms with E-state index < -0.39 is 12.0 Å². The van der Waals surface area contributed by atoms with Gasteiger partial charge in [0.05, 0.1) is 6.21 Å². The van der Waals surface area contributed by atoms with Crippen LogP contribution >= 0.6 is 11.6 Å². The Kier molecular flexibility index (Phi) is 6.78. The molecule has 0 aromatic heterocycles. The molecule has 0 saturated carbocycles. The van der Waals surface area contributed by atoms with E-state index in [1.165, 1.54) is 6.21 Å². The second-order valence-corrected chi connectivity index (χ2v) is 6.47. The molecule has 28 heavy (non-hydrogen) atoms. The highest BCUT2D eigenvalue weighted by atomic mass is 35.5. The Morgan fingerprint density at radius 3 is 2.39 bits per heavy atom. The van der Waals surface area contributed by atoms with Gasteiger partial charge < -0.3 is 9.84 Å². The van der Waals surface area contributed by atoms with Crippen LogP contribution in [0.15, 0.2) is 84.0 Å². The molecule has 1 amide bonds. The van der Waals surface area contributed by atoms with Gasteiger partial charge in [0, 0.05) is 5.02 Å². The first kappa shape index (κ1) is 19.6. The third-order valence-corrected chi connectivity index (χ3v) is 4.20. The normalized spacial score (nSPS) is 11.9. The van der Waals surface area contributed by atoms with E-state index in [1.54, 1.807) is 24.3 Å². The van der Waals surface area contributed by atoms with E-state index in [4.69, 9.17) is 16.3 Å². The molecule has 6 heteroatoms. The number of hydrazone groups is 1. The Morgan fingerprint density at radius 1 is 1.04 bits per heavy atom. The summed E-state index contributed by atoms with van der Waals surface area (Å²) in [5.41, 5.74) is 4.65. The third kappa shape index (κ3) is 5.67. The summed E-state index contributed by atoms with van der Waals surface area (Å²) in [5, 5.41) is 14.6. The number of nitrogens with zero attached hydrogens (tertiary/aromatic N) is 1. The van der Waals surface area contributed by atoms with Gasteiger partial charge in [-0.25, -0.2) is 5.43 Å². The van der Waals surface area contributed by atoms with Crippen molar-refractivity contribution in [3.63, 3.8) is 0 Å². The Balaban J connectivity index is 1.49. The maximum Gasteiger partial charge on any atom is 0.273 e. The van der Waals surface area contributed by atoms with Crippen LogP contribution in [-0.2, 0) is 11.4 Å². The summed E-state index contributed by atoms with van der Waals surface area (Å²) in [6, 6.07) is 23.4. The molecular weight excluding hydrogens is 376 g/mol. The van der Waals surface area contributed by atoms with Crippen molar-refractivity contribution in [2.75, 3.05) is 0 Å². The van der Waals surface area contributed by atoms with Gasteiger partial charge in [0.2, 0.25) is 0 Å². The summed E-state index contributed by atoms with van der Waals surface area (Å²) in [7, 11) is 0. The number of aliphatic hydroxyl groups excluding tert-OH is 1. The first-order chi connectivity index (χ1) is 13.6. The van der Waals surface area contributed by atoms with E-state index in [9.17, 15) is 9.90 Å². The van der Waals surface area contributed by atoms with E-state index in [-0.39, 0.29) is 0 Å². The number of ether oxygens (including phenoxy) is 1. The molecule has 0 saturated heterocycles. The molecule has 0 aliphatic carbocycles. The number of carbonyl (C=O) groups excluding carboxylic acids is 1. The minimum absolute atomic E-state index is 0.442. The van der Waals surface area contributed by atoms with Crippen LogP contribution in [0, 0.1) is 0 Å². The highest BCUT2D eigenvalue weighted by Crippen LogP contribution is 2.15. The second kappa shape index (κ2) is 9.69. The lowest BCUT2D eigenvalue weighted by molar-refractivity contribution is -0.129. The molecule has 2 N–H and O–H groups in total. The van der Waals surface area contributed by atoms with Crippen LogP contribution in [0.25, 0.3) is 0 Å². The number of benzene rings is 3. The quantitative estimate of drug-likeness (QED) is 0.468. The number of aliphatic hydroxyl groups is 1. The van der Waals surface area contributed by atoms with E-state index >= 15 is 0 Å². The Labute approximate surface area is 168 Å². The van der Waals surface area contributed by atoms with Gasteiger partial charge in [-0.15, -0.1) is 0 Å². The fourth-order valence-electron chi connectivity index (χ4n) is 2.42. The highest BCUT2D eigenvalue weighted by molar-refractivity contribution is 6.30. The van der Waals surface area contributed by atoms with Crippen LogP contribution in [0.5, 0.6) is 5.75 Å². The topological polar surface area (TPSA) is 70.9 Å². The number of hydrogen-bond donors (Lipinski definition) is 2. The van der Waals surface area contributed by atoms with Crippen LogP contribution in [0.4, 0.5) is 0 Å². The highest BCUT2D eigenvalue weighted by Gasteiger charge is 2.15. The molecule has 0 heterocycles. The van der Waals surface area contributed by atoms with Gasteiger partial charge in [0.15, 0.2) is 6.10 Å². The van der Waals surface area contributed by atoms with Crippen molar-refractivity contribution in [2.24, 2.45) is 5.10 Å². The summed E-state index contributed by atoms with van der Waals surface area (Å²) in [6.45, 7) is 0.442. The maximum atomic E-state index is 11.9. The number of carbonyl (C=O) groups is 1. The lowest BCUT2D eigenvalue weighted by Gasteiger charge is -2.08. The summed E-state index contributed by atoms with van der Waals surface area (Å²) < 4.78 is 5.72. The van der Waals surface area contributed by atoms with Crippen LogP contribution < -0.4 is 10.2 Å². The molecule has 0 radical (unpaired) electrons. The van der Waals surface area contributed by atoms with Crippen LogP contribution in [0.3, 0.4) is 0 Å². The summed E-state index contributed by atoms with van der Waals surface area (Å²) in [6.07, 6.45) is 0.237. The zero-order chi connectivity index (χ0) is 19.8. The second-order valence-electron chi connectivity index (χ2n) is 6.03. The lowest BCUT2D eigenvalue weighted by atomic mass is 10.1. The maximum absolute atomic E-state index is 11.9. The van der Waals surface area contributed by atoms with Gasteiger partial charge in [0.1, 0.15) is 12.4 Å². The first-order valence-electron chi connectivity index (χ1n) is 8.65. The van der Waals surface area contributed by atoms with E-state index in [1.807, 2.05) is 54.6 Å². The third-order valence-electron chi connectivity index (χ3n) is 3.95. The van der Waals surface area contributed by atoms with Gasteiger partial charge in [-0.3, -0.25) is 4.79 Å². The number of nitrogens with one attached hydrogen (secondary N) is 1. The zero-order valence-corrected chi connectivity index (χ0v) is 15.7. The van der Waals surface area contributed by atoms with E-state index in [2.05, 4.69) is 10.5 Å². The predicted molar refractivity (Wildman–Crippen MR) is 109 cm³/mol. The Hall–Kier alpha value is -3.15. The molecule has 5 nitrogen and oxygen atoms in total. The van der Waals surface area contributed by atoms with E-state index in [0.717, 1.165) is 16.9 Å². The minimum atomic E-state index is -1.26. The molecule has 0 aliphatic heterocycles. The van der Waals surface area contributed by atoms with Crippen LogP contribution in [-0.4, -0.2) is 17.2 Å². The molecule has 3 aromatic carbocycles.